The smallest absolute Gasteiger partial charge is 0.315 e. The van der Waals surface area contributed by atoms with Crippen LogP contribution in [-0.2, 0) is 13.1 Å². The van der Waals surface area contributed by atoms with Crippen molar-refractivity contribution in [2.45, 2.75) is 39.9 Å². The van der Waals surface area contributed by atoms with Crippen LogP contribution in [0.3, 0.4) is 0 Å². The molecule has 1 aliphatic heterocycles. The zero-order chi connectivity index (χ0) is 19.9. The lowest BCUT2D eigenvalue weighted by molar-refractivity contribution is 0.131. The van der Waals surface area contributed by atoms with E-state index in [9.17, 15) is 4.79 Å². The number of amides is 2. The van der Waals surface area contributed by atoms with E-state index in [0.717, 1.165) is 56.4 Å². The van der Waals surface area contributed by atoms with Crippen LogP contribution >= 0.6 is 0 Å². The first kappa shape index (κ1) is 20.4. The van der Waals surface area contributed by atoms with Gasteiger partial charge in [-0.3, -0.25) is 4.90 Å². The minimum Gasteiger partial charge on any atom is -0.464 e. The summed E-state index contributed by atoms with van der Waals surface area (Å²) in [6.45, 7) is 13.0. The topological polar surface area (TPSA) is 60.8 Å². The van der Waals surface area contributed by atoms with E-state index in [2.05, 4.69) is 45.6 Å². The van der Waals surface area contributed by atoms with Gasteiger partial charge in [0.15, 0.2) is 0 Å². The molecule has 1 aliphatic rings. The summed E-state index contributed by atoms with van der Waals surface area (Å²) in [5, 5.41) is 5.91. The van der Waals surface area contributed by atoms with E-state index in [0.29, 0.717) is 6.54 Å². The zero-order valence-electron chi connectivity index (χ0n) is 17.2. The third-order valence-corrected chi connectivity index (χ3v) is 5.40. The van der Waals surface area contributed by atoms with Gasteiger partial charge in [0.1, 0.15) is 11.5 Å². The van der Waals surface area contributed by atoms with Gasteiger partial charge in [-0.05, 0) is 43.7 Å². The Hall–Kier alpha value is -2.31. The number of nitrogens with zero attached hydrogens (tertiary/aromatic N) is 2. The number of rotatable bonds is 7. The highest BCUT2D eigenvalue weighted by Crippen LogP contribution is 2.16. The van der Waals surface area contributed by atoms with Crippen LogP contribution in [0.1, 0.15) is 42.5 Å². The molecule has 2 amide bonds. The molecule has 2 heterocycles. The average molecular weight is 385 g/mol. The Labute approximate surface area is 167 Å². The van der Waals surface area contributed by atoms with Crippen molar-refractivity contribution in [1.29, 1.82) is 0 Å². The minimum atomic E-state index is -0.187. The Morgan fingerprint density at radius 1 is 1.07 bits per heavy atom. The fraction of sp³-hybridized carbons (Fsp3) is 0.500. The van der Waals surface area contributed by atoms with Crippen LogP contribution in [0.4, 0.5) is 4.79 Å². The molecule has 2 aromatic rings. The van der Waals surface area contributed by atoms with Crippen LogP contribution in [0, 0.1) is 6.92 Å². The van der Waals surface area contributed by atoms with E-state index in [1.165, 1.54) is 5.56 Å². The molecule has 1 aromatic carbocycles. The standard InChI is InChI=1S/C22H32N4O2/c1-4-25-11-13-26(14-12-25)16-20-8-6-5-7-19(20)15-23-22(27)24-18(3)21-10-9-17(2)28-21/h5-10,18H,4,11-16H2,1-3H3,(H2,23,24,27). The third-order valence-electron chi connectivity index (χ3n) is 5.40. The fourth-order valence-corrected chi connectivity index (χ4v) is 3.57. The van der Waals surface area contributed by atoms with Gasteiger partial charge in [0.05, 0.1) is 6.04 Å². The number of aryl methyl sites for hydroxylation is 1. The maximum absolute atomic E-state index is 12.3. The first-order valence-corrected chi connectivity index (χ1v) is 10.2. The van der Waals surface area contributed by atoms with Gasteiger partial charge in [0.2, 0.25) is 0 Å². The van der Waals surface area contributed by atoms with E-state index < -0.39 is 0 Å². The number of nitrogens with one attached hydrogen (secondary N) is 2. The van der Waals surface area contributed by atoms with Crippen LogP contribution in [0.5, 0.6) is 0 Å². The summed E-state index contributed by atoms with van der Waals surface area (Å²) in [4.78, 5) is 17.3. The Morgan fingerprint density at radius 3 is 2.39 bits per heavy atom. The predicted octanol–water partition coefficient (Wildman–Crippen LogP) is 3.29. The number of hydrogen-bond donors (Lipinski definition) is 2. The number of carbonyl (C=O) groups is 1. The van der Waals surface area contributed by atoms with Gasteiger partial charge >= 0.3 is 6.03 Å². The molecular formula is C22H32N4O2. The monoisotopic (exact) mass is 384 g/mol. The molecule has 1 aromatic heterocycles. The van der Waals surface area contributed by atoms with Gasteiger partial charge in [-0.15, -0.1) is 0 Å². The number of piperazine rings is 1. The van der Waals surface area contributed by atoms with Gasteiger partial charge in [0, 0.05) is 39.3 Å². The largest absolute Gasteiger partial charge is 0.464 e. The molecule has 0 saturated carbocycles. The summed E-state index contributed by atoms with van der Waals surface area (Å²) in [6, 6.07) is 11.8. The van der Waals surface area contributed by atoms with Crippen molar-refractivity contribution < 1.29 is 9.21 Å². The van der Waals surface area contributed by atoms with Crippen molar-refractivity contribution in [3.8, 4) is 0 Å². The zero-order valence-corrected chi connectivity index (χ0v) is 17.2. The average Bonchev–Trinajstić information content (AvgIpc) is 3.14. The number of furan rings is 1. The summed E-state index contributed by atoms with van der Waals surface area (Å²) in [5.41, 5.74) is 2.44. The Balaban J connectivity index is 1.51. The van der Waals surface area contributed by atoms with Gasteiger partial charge < -0.3 is 20.0 Å². The predicted molar refractivity (Wildman–Crippen MR) is 111 cm³/mol. The van der Waals surface area contributed by atoms with Crippen molar-refractivity contribution in [3.05, 3.63) is 59.0 Å². The van der Waals surface area contributed by atoms with Gasteiger partial charge in [-0.1, -0.05) is 31.2 Å². The molecule has 6 nitrogen and oxygen atoms in total. The molecule has 0 spiro atoms. The summed E-state index contributed by atoms with van der Waals surface area (Å²) < 4.78 is 5.58. The molecule has 3 rings (SSSR count). The van der Waals surface area contributed by atoms with Crippen molar-refractivity contribution >= 4 is 6.03 Å². The highest BCUT2D eigenvalue weighted by molar-refractivity contribution is 5.74. The van der Waals surface area contributed by atoms with Crippen molar-refractivity contribution in [2.75, 3.05) is 32.7 Å². The SMILES string of the molecule is CCN1CCN(Cc2ccccc2CNC(=O)NC(C)c2ccc(C)o2)CC1. The number of urea groups is 1. The lowest BCUT2D eigenvalue weighted by atomic mass is 10.1. The fourth-order valence-electron chi connectivity index (χ4n) is 3.57. The highest BCUT2D eigenvalue weighted by atomic mass is 16.3. The normalized spacial score (nSPS) is 16.7. The summed E-state index contributed by atoms with van der Waals surface area (Å²) >= 11 is 0. The molecule has 0 aliphatic carbocycles. The maximum atomic E-state index is 12.3. The first-order chi connectivity index (χ1) is 13.5. The second-order valence-electron chi connectivity index (χ2n) is 7.48. The first-order valence-electron chi connectivity index (χ1n) is 10.2. The van der Waals surface area contributed by atoms with Crippen molar-refractivity contribution in [1.82, 2.24) is 20.4 Å². The number of hydrogen-bond acceptors (Lipinski definition) is 4. The number of likely N-dealkylation sites (N-methyl/N-ethyl adjacent to an activating group) is 1. The van der Waals surface area contributed by atoms with E-state index in [1.807, 2.05) is 32.0 Å². The highest BCUT2D eigenvalue weighted by Gasteiger charge is 2.17. The van der Waals surface area contributed by atoms with Crippen LogP contribution in [0.25, 0.3) is 0 Å². The molecule has 2 N–H and O–H groups in total. The van der Waals surface area contributed by atoms with Crippen LogP contribution in [0.2, 0.25) is 0 Å². The van der Waals surface area contributed by atoms with E-state index >= 15 is 0 Å². The van der Waals surface area contributed by atoms with Crippen LogP contribution in [0.15, 0.2) is 40.8 Å². The van der Waals surface area contributed by atoms with E-state index in [-0.39, 0.29) is 12.1 Å². The molecule has 28 heavy (non-hydrogen) atoms. The minimum absolute atomic E-state index is 0.168. The lowest BCUT2D eigenvalue weighted by Crippen LogP contribution is -2.45. The summed E-state index contributed by atoms with van der Waals surface area (Å²) in [7, 11) is 0. The quantitative estimate of drug-likeness (QED) is 0.769. The van der Waals surface area contributed by atoms with E-state index in [4.69, 9.17) is 4.42 Å². The van der Waals surface area contributed by atoms with Crippen LogP contribution < -0.4 is 10.6 Å². The number of carbonyl (C=O) groups excluding carboxylic acids is 1. The maximum Gasteiger partial charge on any atom is 0.315 e. The van der Waals surface area contributed by atoms with Crippen molar-refractivity contribution in [3.63, 3.8) is 0 Å². The molecule has 1 atom stereocenters. The molecule has 0 bridgehead atoms. The van der Waals surface area contributed by atoms with Gasteiger partial charge in [0.25, 0.3) is 0 Å². The second-order valence-corrected chi connectivity index (χ2v) is 7.48. The summed E-state index contributed by atoms with van der Waals surface area (Å²) in [5.74, 6) is 1.61. The molecular weight excluding hydrogens is 352 g/mol. The number of benzene rings is 1. The van der Waals surface area contributed by atoms with E-state index in [1.54, 1.807) is 0 Å². The molecule has 152 valence electrons. The third kappa shape index (κ3) is 5.59. The van der Waals surface area contributed by atoms with Crippen molar-refractivity contribution in [2.24, 2.45) is 0 Å². The Kier molecular flexibility index (Phi) is 7.12. The Morgan fingerprint density at radius 2 is 1.75 bits per heavy atom. The molecule has 1 saturated heterocycles. The summed E-state index contributed by atoms with van der Waals surface area (Å²) in [6.07, 6.45) is 0. The molecule has 6 heteroatoms. The van der Waals surface area contributed by atoms with Crippen LogP contribution in [-0.4, -0.2) is 48.6 Å². The molecule has 1 fully saturated rings. The molecule has 0 radical (unpaired) electrons. The Bertz CT molecular complexity index is 765. The second kappa shape index (κ2) is 9.75. The molecule has 1 unspecified atom stereocenters. The van der Waals surface area contributed by atoms with Gasteiger partial charge in [-0.25, -0.2) is 4.79 Å². The lowest BCUT2D eigenvalue weighted by Gasteiger charge is -2.34. The van der Waals surface area contributed by atoms with Gasteiger partial charge in [-0.2, -0.15) is 0 Å².